The summed E-state index contributed by atoms with van der Waals surface area (Å²) in [7, 11) is -2.31. The fourth-order valence-electron chi connectivity index (χ4n) is 3.15. The minimum atomic E-state index is -4.10. The Balaban J connectivity index is 2.08. The third-order valence-electron chi connectivity index (χ3n) is 4.49. The molecule has 0 bridgehead atoms. The summed E-state index contributed by atoms with van der Waals surface area (Å²) in [6.45, 7) is 5.52. The molecular formula is C16H19F2N3O2S. The molecular weight excluding hydrogens is 336 g/mol. The van der Waals surface area contributed by atoms with Crippen LogP contribution in [0.4, 0.5) is 8.78 Å². The van der Waals surface area contributed by atoms with Crippen molar-refractivity contribution in [3.63, 3.8) is 0 Å². The summed E-state index contributed by atoms with van der Waals surface area (Å²) in [6.07, 6.45) is 3.33. The Bertz CT molecular complexity index is 906. The van der Waals surface area contributed by atoms with Gasteiger partial charge in [-0.25, -0.2) is 22.2 Å². The summed E-state index contributed by atoms with van der Waals surface area (Å²) >= 11 is 0. The van der Waals surface area contributed by atoms with E-state index in [0.29, 0.717) is 11.9 Å². The van der Waals surface area contributed by atoms with E-state index in [-0.39, 0.29) is 17.5 Å². The first-order valence-corrected chi connectivity index (χ1v) is 8.94. The molecule has 2 aromatic rings. The smallest absolute Gasteiger partial charge is 0.246 e. The molecule has 8 heteroatoms. The van der Waals surface area contributed by atoms with Gasteiger partial charge in [0.05, 0.1) is 6.04 Å². The van der Waals surface area contributed by atoms with Crippen LogP contribution in [-0.4, -0.2) is 28.8 Å². The molecule has 1 atom stereocenters. The zero-order valence-electron chi connectivity index (χ0n) is 13.9. The quantitative estimate of drug-likeness (QED) is 0.851. The van der Waals surface area contributed by atoms with Crippen molar-refractivity contribution < 1.29 is 17.2 Å². The number of aromatic nitrogens is 2. The fraction of sp³-hybridized carbons (Fsp3) is 0.438. The van der Waals surface area contributed by atoms with Gasteiger partial charge in [0.1, 0.15) is 22.4 Å². The zero-order valence-corrected chi connectivity index (χ0v) is 14.7. The van der Waals surface area contributed by atoms with E-state index in [1.165, 1.54) is 11.2 Å². The van der Waals surface area contributed by atoms with Crippen molar-refractivity contribution in [2.24, 2.45) is 12.5 Å². The number of hydrogen-bond acceptors (Lipinski definition) is 3. The lowest BCUT2D eigenvalue weighted by Crippen LogP contribution is -2.58. The minimum Gasteiger partial charge on any atom is -0.337 e. The van der Waals surface area contributed by atoms with Gasteiger partial charge >= 0.3 is 0 Å². The highest BCUT2D eigenvalue weighted by Crippen LogP contribution is 2.50. The van der Waals surface area contributed by atoms with Crippen LogP contribution < -0.4 is 0 Å². The van der Waals surface area contributed by atoms with Gasteiger partial charge in [0.2, 0.25) is 10.0 Å². The van der Waals surface area contributed by atoms with Crippen LogP contribution in [0.25, 0.3) is 0 Å². The van der Waals surface area contributed by atoms with Crippen LogP contribution in [0.2, 0.25) is 0 Å². The van der Waals surface area contributed by atoms with Gasteiger partial charge in [0, 0.05) is 37.5 Å². The number of hydrogen-bond donors (Lipinski definition) is 0. The second kappa shape index (κ2) is 5.35. The average Bonchev–Trinajstić information content (AvgIpc) is 2.86. The van der Waals surface area contributed by atoms with E-state index in [4.69, 9.17) is 0 Å². The normalized spacial score (nSPS) is 20.8. The Morgan fingerprint density at radius 1 is 1.25 bits per heavy atom. The minimum absolute atomic E-state index is 0.0864. The molecule has 1 fully saturated rings. The van der Waals surface area contributed by atoms with Crippen molar-refractivity contribution >= 4 is 10.0 Å². The van der Waals surface area contributed by atoms with Gasteiger partial charge in [-0.15, -0.1) is 0 Å². The molecule has 0 radical (unpaired) electrons. The van der Waals surface area contributed by atoms with Gasteiger partial charge < -0.3 is 4.57 Å². The van der Waals surface area contributed by atoms with Crippen molar-refractivity contribution in [3.8, 4) is 0 Å². The van der Waals surface area contributed by atoms with Gasteiger partial charge in [-0.3, -0.25) is 0 Å². The second-order valence-corrected chi connectivity index (χ2v) is 8.73. The van der Waals surface area contributed by atoms with E-state index in [2.05, 4.69) is 4.98 Å². The largest absolute Gasteiger partial charge is 0.337 e. The molecule has 1 aromatic carbocycles. The van der Waals surface area contributed by atoms with Crippen molar-refractivity contribution in [1.29, 1.82) is 0 Å². The molecule has 5 nitrogen and oxygen atoms in total. The zero-order chi connectivity index (χ0) is 17.9. The molecule has 1 saturated heterocycles. The first kappa shape index (κ1) is 17.0. The molecule has 0 saturated carbocycles. The van der Waals surface area contributed by atoms with Gasteiger partial charge in [0.25, 0.3) is 0 Å². The Hall–Kier alpha value is -1.80. The third kappa shape index (κ3) is 2.44. The molecule has 0 spiro atoms. The fourth-order valence-corrected chi connectivity index (χ4v) is 5.20. The van der Waals surface area contributed by atoms with Crippen LogP contribution in [0.5, 0.6) is 0 Å². The van der Waals surface area contributed by atoms with Crippen molar-refractivity contribution in [2.75, 3.05) is 6.54 Å². The maximum atomic E-state index is 14.1. The van der Waals surface area contributed by atoms with Crippen LogP contribution >= 0.6 is 0 Å². The number of aryl methyl sites for hydroxylation is 2. The predicted octanol–water partition coefficient (Wildman–Crippen LogP) is 2.78. The highest BCUT2D eigenvalue weighted by atomic mass is 32.2. The molecule has 1 aliphatic rings. The molecule has 1 aromatic heterocycles. The van der Waals surface area contributed by atoms with Crippen molar-refractivity contribution in [1.82, 2.24) is 13.9 Å². The lowest BCUT2D eigenvalue weighted by Gasteiger charge is -2.52. The lowest BCUT2D eigenvalue weighted by atomic mass is 9.76. The van der Waals surface area contributed by atoms with E-state index in [0.717, 1.165) is 6.07 Å². The Kier molecular flexibility index (Phi) is 3.80. The van der Waals surface area contributed by atoms with Gasteiger partial charge in [-0.1, -0.05) is 13.8 Å². The van der Waals surface area contributed by atoms with Crippen LogP contribution in [0.1, 0.15) is 31.3 Å². The van der Waals surface area contributed by atoms with Crippen molar-refractivity contribution in [2.45, 2.75) is 31.7 Å². The molecule has 2 heterocycles. The number of halogens is 2. The molecule has 0 amide bonds. The maximum absolute atomic E-state index is 14.1. The third-order valence-corrected chi connectivity index (χ3v) is 6.32. The van der Waals surface area contributed by atoms with E-state index in [1.54, 1.807) is 24.0 Å². The van der Waals surface area contributed by atoms with Gasteiger partial charge in [0.15, 0.2) is 0 Å². The van der Waals surface area contributed by atoms with Gasteiger partial charge in [-0.2, -0.15) is 4.31 Å². The molecule has 0 N–H and O–H groups in total. The summed E-state index contributed by atoms with van der Waals surface area (Å²) < 4.78 is 56.4. The monoisotopic (exact) mass is 355 g/mol. The molecule has 1 unspecified atom stereocenters. The molecule has 130 valence electrons. The second-order valence-electron chi connectivity index (χ2n) is 6.87. The van der Waals surface area contributed by atoms with Crippen LogP contribution in [0, 0.1) is 24.0 Å². The van der Waals surface area contributed by atoms with Crippen LogP contribution in [0.15, 0.2) is 29.4 Å². The maximum Gasteiger partial charge on any atom is 0.246 e. The van der Waals surface area contributed by atoms with E-state index >= 15 is 0 Å². The Morgan fingerprint density at radius 3 is 2.46 bits per heavy atom. The van der Waals surface area contributed by atoms with E-state index in [1.807, 2.05) is 13.8 Å². The number of rotatable bonds is 3. The first-order chi connectivity index (χ1) is 11.1. The van der Waals surface area contributed by atoms with Crippen LogP contribution in [-0.2, 0) is 17.1 Å². The van der Waals surface area contributed by atoms with Gasteiger partial charge in [-0.05, 0) is 18.6 Å². The number of sulfonamides is 1. The number of imidazole rings is 1. The molecule has 3 rings (SSSR count). The number of nitrogens with zero attached hydrogens (tertiary/aromatic N) is 3. The number of benzene rings is 1. The Labute approximate surface area is 140 Å². The summed E-state index contributed by atoms with van der Waals surface area (Å²) in [5, 5.41) is 0. The summed E-state index contributed by atoms with van der Waals surface area (Å²) in [6, 6.07) is 1.15. The molecule has 1 aliphatic heterocycles. The predicted molar refractivity (Wildman–Crippen MR) is 84.7 cm³/mol. The van der Waals surface area contributed by atoms with Crippen molar-refractivity contribution in [3.05, 3.63) is 47.5 Å². The highest BCUT2D eigenvalue weighted by Gasteiger charge is 2.54. The SMILES string of the molecule is Cc1cc(S(=O)(=O)N2CC(C)(C)C2c2nccn2C)c(F)cc1F. The molecule has 0 aliphatic carbocycles. The summed E-state index contributed by atoms with van der Waals surface area (Å²) in [5.41, 5.74) is -0.249. The standard InChI is InChI=1S/C16H19F2N3O2S/c1-10-7-13(12(18)8-11(10)17)24(22,23)21-9-16(2,3)14(21)15-19-5-6-20(15)4/h5-8,14H,9H2,1-4H3. The van der Waals surface area contributed by atoms with Crippen LogP contribution in [0.3, 0.4) is 0 Å². The van der Waals surface area contributed by atoms with E-state index in [9.17, 15) is 17.2 Å². The summed E-state index contributed by atoms with van der Waals surface area (Å²) in [4.78, 5) is 3.74. The lowest BCUT2D eigenvalue weighted by molar-refractivity contribution is 0.0118. The summed E-state index contributed by atoms with van der Waals surface area (Å²) in [5.74, 6) is -1.26. The average molecular weight is 355 g/mol. The first-order valence-electron chi connectivity index (χ1n) is 7.50. The topological polar surface area (TPSA) is 55.2 Å². The highest BCUT2D eigenvalue weighted by molar-refractivity contribution is 7.89. The Morgan fingerprint density at radius 2 is 1.92 bits per heavy atom. The molecule has 24 heavy (non-hydrogen) atoms. The van der Waals surface area contributed by atoms with E-state index < -0.39 is 32.6 Å².